The number of amides is 1. The number of piperidine rings is 1. The van der Waals surface area contributed by atoms with Gasteiger partial charge in [0.2, 0.25) is 5.91 Å². The molecule has 2 aliphatic rings. The number of likely N-dealkylation sites (N-methyl/N-ethyl adjacent to an activating group) is 1. The van der Waals surface area contributed by atoms with Gasteiger partial charge < -0.3 is 14.4 Å². The Morgan fingerprint density at radius 2 is 2.04 bits per heavy atom. The number of hydrogen-bond donors (Lipinski definition) is 0. The number of ether oxygens (including phenoxy) is 2. The first-order chi connectivity index (χ1) is 11.1. The van der Waals surface area contributed by atoms with E-state index in [-0.39, 0.29) is 5.91 Å². The molecule has 1 aromatic carbocycles. The lowest BCUT2D eigenvalue weighted by Gasteiger charge is -2.34. The summed E-state index contributed by atoms with van der Waals surface area (Å²) in [5.74, 6) is 1.84. The van der Waals surface area contributed by atoms with Gasteiger partial charge in [-0.15, -0.1) is 0 Å². The van der Waals surface area contributed by atoms with Crippen molar-refractivity contribution in [2.24, 2.45) is 0 Å². The van der Waals surface area contributed by atoms with Gasteiger partial charge in [0.05, 0.1) is 6.54 Å². The fourth-order valence-corrected chi connectivity index (χ4v) is 3.34. The largest absolute Gasteiger partial charge is 0.486 e. The third-order valence-corrected chi connectivity index (χ3v) is 4.59. The fourth-order valence-electron chi connectivity index (χ4n) is 3.34. The van der Waals surface area contributed by atoms with Crippen molar-refractivity contribution in [2.45, 2.75) is 38.8 Å². The average molecular weight is 318 g/mol. The SMILES string of the molecule is CC1CCCCN1C(=O)CN(C)Cc1ccc2c(c1)OCCO2. The smallest absolute Gasteiger partial charge is 0.236 e. The molecule has 0 aromatic heterocycles. The fraction of sp³-hybridized carbons (Fsp3) is 0.611. The van der Waals surface area contributed by atoms with Crippen LogP contribution in [0.1, 0.15) is 31.7 Å². The first-order valence-electron chi connectivity index (χ1n) is 8.50. The maximum Gasteiger partial charge on any atom is 0.236 e. The van der Waals surface area contributed by atoms with Crippen LogP contribution in [0.3, 0.4) is 0 Å². The summed E-state index contributed by atoms with van der Waals surface area (Å²) >= 11 is 0. The van der Waals surface area contributed by atoms with Crippen molar-refractivity contribution in [3.63, 3.8) is 0 Å². The first kappa shape index (κ1) is 16.1. The minimum atomic E-state index is 0.234. The maximum atomic E-state index is 12.5. The molecule has 0 aliphatic carbocycles. The predicted molar refractivity (Wildman–Crippen MR) is 88.8 cm³/mol. The van der Waals surface area contributed by atoms with Gasteiger partial charge in [-0.25, -0.2) is 0 Å². The van der Waals surface area contributed by atoms with Gasteiger partial charge in [0.25, 0.3) is 0 Å². The lowest BCUT2D eigenvalue weighted by Crippen LogP contribution is -2.46. The molecule has 3 rings (SSSR count). The highest BCUT2D eigenvalue weighted by Gasteiger charge is 2.23. The topological polar surface area (TPSA) is 42.0 Å². The zero-order valence-electron chi connectivity index (χ0n) is 14.1. The molecule has 0 radical (unpaired) electrons. The molecule has 5 nitrogen and oxygen atoms in total. The normalized spacial score (nSPS) is 20.7. The van der Waals surface area contributed by atoms with Gasteiger partial charge in [0.1, 0.15) is 13.2 Å². The molecular formula is C18H26N2O3. The van der Waals surface area contributed by atoms with Crippen LogP contribution in [0.2, 0.25) is 0 Å². The van der Waals surface area contributed by atoms with Gasteiger partial charge in [0, 0.05) is 19.1 Å². The molecule has 5 heteroatoms. The second-order valence-electron chi connectivity index (χ2n) is 6.58. The number of carbonyl (C=O) groups excluding carboxylic acids is 1. The van der Waals surface area contributed by atoms with Crippen LogP contribution in [0.4, 0.5) is 0 Å². The molecule has 1 unspecified atom stereocenters. The van der Waals surface area contributed by atoms with Crippen LogP contribution in [0.5, 0.6) is 11.5 Å². The molecule has 1 aromatic rings. The Hall–Kier alpha value is -1.75. The van der Waals surface area contributed by atoms with Gasteiger partial charge >= 0.3 is 0 Å². The minimum absolute atomic E-state index is 0.234. The molecule has 1 fully saturated rings. The Labute approximate surface area is 138 Å². The number of likely N-dealkylation sites (tertiary alicyclic amines) is 1. The highest BCUT2D eigenvalue weighted by molar-refractivity contribution is 5.78. The van der Waals surface area contributed by atoms with Crippen LogP contribution in [-0.2, 0) is 11.3 Å². The van der Waals surface area contributed by atoms with E-state index in [1.165, 1.54) is 6.42 Å². The molecule has 0 spiro atoms. The van der Waals surface area contributed by atoms with Gasteiger partial charge in [-0.3, -0.25) is 9.69 Å². The Bertz CT molecular complexity index is 561. The van der Waals surface area contributed by atoms with Gasteiger partial charge in [0.15, 0.2) is 11.5 Å². The van der Waals surface area contributed by atoms with E-state index >= 15 is 0 Å². The van der Waals surface area contributed by atoms with E-state index in [0.717, 1.165) is 43.0 Å². The molecule has 0 saturated carbocycles. The van der Waals surface area contributed by atoms with Crippen LogP contribution in [0, 0.1) is 0 Å². The van der Waals surface area contributed by atoms with Crippen LogP contribution < -0.4 is 9.47 Å². The van der Waals surface area contributed by atoms with E-state index < -0.39 is 0 Å². The van der Waals surface area contributed by atoms with Crippen molar-refractivity contribution in [1.82, 2.24) is 9.80 Å². The van der Waals surface area contributed by atoms with Gasteiger partial charge in [-0.05, 0) is 50.9 Å². The summed E-state index contributed by atoms with van der Waals surface area (Å²) in [6.45, 7) is 5.44. The lowest BCUT2D eigenvalue weighted by atomic mass is 10.0. The van der Waals surface area contributed by atoms with E-state index in [0.29, 0.717) is 25.8 Å². The van der Waals surface area contributed by atoms with Crippen LogP contribution in [0.25, 0.3) is 0 Å². The summed E-state index contributed by atoms with van der Waals surface area (Å²) < 4.78 is 11.2. The summed E-state index contributed by atoms with van der Waals surface area (Å²) in [6, 6.07) is 6.38. The lowest BCUT2D eigenvalue weighted by molar-refractivity contribution is -0.135. The third-order valence-electron chi connectivity index (χ3n) is 4.59. The number of nitrogens with zero attached hydrogens (tertiary/aromatic N) is 2. The quantitative estimate of drug-likeness (QED) is 0.854. The van der Waals surface area contributed by atoms with Crippen molar-refractivity contribution in [3.05, 3.63) is 23.8 Å². The monoisotopic (exact) mass is 318 g/mol. The average Bonchev–Trinajstić information content (AvgIpc) is 2.55. The maximum absolute atomic E-state index is 12.5. The second-order valence-corrected chi connectivity index (χ2v) is 6.58. The Morgan fingerprint density at radius 1 is 1.26 bits per heavy atom. The summed E-state index contributed by atoms with van der Waals surface area (Å²) in [5.41, 5.74) is 1.14. The Kier molecular flexibility index (Phi) is 5.06. The van der Waals surface area contributed by atoms with Crippen LogP contribution in [0.15, 0.2) is 18.2 Å². The number of rotatable bonds is 4. The predicted octanol–water partition coefficient (Wildman–Crippen LogP) is 2.29. The zero-order chi connectivity index (χ0) is 16.2. The van der Waals surface area contributed by atoms with Crippen LogP contribution in [-0.4, -0.2) is 55.1 Å². The molecule has 0 bridgehead atoms. The van der Waals surface area contributed by atoms with E-state index in [9.17, 15) is 4.79 Å². The highest BCUT2D eigenvalue weighted by atomic mass is 16.6. The van der Waals surface area contributed by atoms with Crippen molar-refractivity contribution in [1.29, 1.82) is 0 Å². The van der Waals surface area contributed by atoms with Crippen molar-refractivity contribution < 1.29 is 14.3 Å². The molecule has 2 heterocycles. The first-order valence-corrected chi connectivity index (χ1v) is 8.50. The Balaban J connectivity index is 1.56. The van der Waals surface area contributed by atoms with E-state index in [2.05, 4.69) is 11.8 Å². The second kappa shape index (κ2) is 7.21. The van der Waals surface area contributed by atoms with Crippen molar-refractivity contribution >= 4 is 5.91 Å². The molecule has 0 N–H and O–H groups in total. The van der Waals surface area contributed by atoms with E-state index in [1.54, 1.807) is 0 Å². The molecule has 1 amide bonds. The summed E-state index contributed by atoms with van der Waals surface area (Å²) in [5, 5.41) is 0. The van der Waals surface area contributed by atoms with Gasteiger partial charge in [-0.2, -0.15) is 0 Å². The molecular weight excluding hydrogens is 292 g/mol. The zero-order valence-corrected chi connectivity index (χ0v) is 14.1. The number of fused-ring (bicyclic) bond motifs is 1. The van der Waals surface area contributed by atoms with Crippen molar-refractivity contribution in [3.8, 4) is 11.5 Å². The number of carbonyl (C=O) groups is 1. The Morgan fingerprint density at radius 3 is 2.83 bits per heavy atom. The molecule has 2 aliphatic heterocycles. The molecule has 1 atom stereocenters. The standard InChI is InChI=1S/C18H26N2O3/c1-14-5-3-4-8-20(14)18(21)13-19(2)12-15-6-7-16-17(11-15)23-10-9-22-16/h6-7,11,14H,3-5,8-10,12-13H2,1-2H3. The van der Waals surface area contributed by atoms with E-state index in [1.807, 2.05) is 30.1 Å². The third kappa shape index (κ3) is 3.96. The summed E-state index contributed by atoms with van der Waals surface area (Å²) in [4.78, 5) is 16.6. The van der Waals surface area contributed by atoms with E-state index in [4.69, 9.17) is 9.47 Å². The van der Waals surface area contributed by atoms with Gasteiger partial charge in [-0.1, -0.05) is 6.07 Å². The minimum Gasteiger partial charge on any atom is -0.486 e. The molecule has 23 heavy (non-hydrogen) atoms. The summed E-state index contributed by atoms with van der Waals surface area (Å²) in [7, 11) is 1.99. The van der Waals surface area contributed by atoms with Crippen molar-refractivity contribution in [2.75, 3.05) is 33.4 Å². The number of benzene rings is 1. The molecule has 126 valence electrons. The van der Waals surface area contributed by atoms with Crippen LogP contribution >= 0.6 is 0 Å². The number of hydrogen-bond acceptors (Lipinski definition) is 4. The highest BCUT2D eigenvalue weighted by Crippen LogP contribution is 2.31. The molecule has 1 saturated heterocycles. The summed E-state index contributed by atoms with van der Waals surface area (Å²) in [6.07, 6.45) is 3.48.